The van der Waals surface area contributed by atoms with Crippen LogP contribution < -0.4 is 5.32 Å². The lowest BCUT2D eigenvalue weighted by atomic mass is 10.1. The van der Waals surface area contributed by atoms with Crippen molar-refractivity contribution in [3.05, 3.63) is 70.7 Å². The normalized spacial score (nSPS) is 11.4. The van der Waals surface area contributed by atoms with Crippen LogP contribution in [0.15, 0.2) is 59.6 Å². The van der Waals surface area contributed by atoms with Gasteiger partial charge in [-0.15, -0.1) is 0 Å². The van der Waals surface area contributed by atoms with E-state index in [1.165, 1.54) is 29.5 Å². The van der Waals surface area contributed by atoms with Crippen molar-refractivity contribution in [1.29, 1.82) is 0 Å². The fourth-order valence-electron chi connectivity index (χ4n) is 2.33. The summed E-state index contributed by atoms with van der Waals surface area (Å²) < 4.78 is 40.0. The molecule has 1 heterocycles. The van der Waals surface area contributed by atoms with E-state index in [9.17, 15) is 18.0 Å². The molecular weight excluding hydrogens is 413 g/mol. The molecule has 0 saturated carbocycles. The highest BCUT2D eigenvalue weighted by Crippen LogP contribution is 2.29. The number of amides is 1. The number of nitrogens with one attached hydrogen (secondary N) is 1. The van der Waals surface area contributed by atoms with Crippen LogP contribution in [-0.2, 0) is 17.4 Å². The number of carbonyl (C=O) groups excluding carboxylic acids is 1. The highest BCUT2D eigenvalue weighted by atomic mass is 79.9. The first-order chi connectivity index (χ1) is 12.3. The van der Waals surface area contributed by atoms with E-state index in [0.29, 0.717) is 16.9 Å². The third-order valence-electron chi connectivity index (χ3n) is 3.54. The van der Waals surface area contributed by atoms with Crippen LogP contribution in [0.2, 0.25) is 0 Å². The molecule has 0 saturated heterocycles. The third-order valence-corrected chi connectivity index (χ3v) is 4.04. The van der Waals surface area contributed by atoms with Gasteiger partial charge in [-0.1, -0.05) is 28.1 Å². The molecule has 1 amide bonds. The van der Waals surface area contributed by atoms with Gasteiger partial charge in [0.1, 0.15) is 12.7 Å². The first kappa shape index (κ1) is 18.1. The standard InChI is InChI=1S/C17H12BrF3N4O/c18-13-5-6-15(25-10-22-9-23-25)14(8-13)24-16(26)7-11-1-3-12(4-2-11)17(19,20)21/h1-6,8-10H,7H2,(H,24,26). The van der Waals surface area contributed by atoms with Crippen molar-refractivity contribution >= 4 is 27.5 Å². The van der Waals surface area contributed by atoms with Crippen molar-refractivity contribution in [3.8, 4) is 5.69 Å². The lowest BCUT2D eigenvalue weighted by molar-refractivity contribution is -0.137. The molecule has 0 atom stereocenters. The van der Waals surface area contributed by atoms with Gasteiger partial charge in [0.25, 0.3) is 0 Å². The number of anilines is 1. The van der Waals surface area contributed by atoms with E-state index in [4.69, 9.17) is 0 Å². The van der Waals surface area contributed by atoms with Crippen molar-refractivity contribution < 1.29 is 18.0 Å². The molecule has 1 aromatic heterocycles. The summed E-state index contributed by atoms with van der Waals surface area (Å²) in [5.74, 6) is -0.357. The molecule has 0 bridgehead atoms. The smallest absolute Gasteiger partial charge is 0.324 e. The van der Waals surface area contributed by atoms with Gasteiger partial charge in [-0.2, -0.15) is 18.3 Å². The minimum atomic E-state index is -4.40. The molecule has 0 aliphatic heterocycles. The van der Waals surface area contributed by atoms with Crippen molar-refractivity contribution in [2.75, 3.05) is 5.32 Å². The van der Waals surface area contributed by atoms with E-state index in [1.54, 1.807) is 18.2 Å². The van der Waals surface area contributed by atoms with E-state index in [0.717, 1.165) is 16.6 Å². The van der Waals surface area contributed by atoms with Crippen molar-refractivity contribution in [1.82, 2.24) is 14.8 Å². The summed E-state index contributed by atoms with van der Waals surface area (Å²) in [5, 5.41) is 6.79. The van der Waals surface area contributed by atoms with Gasteiger partial charge in [-0.05, 0) is 35.9 Å². The second-order valence-electron chi connectivity index (χ2n) is 5.42. The predicted octanol–water partition coefficient (Wildman–Crippen LogP) is 4.23. The van der Waals surface area contributed by atoms with Crippen LogP contribution in [0.5, 0.6) is 0 Å². The molecular formula is C17H12BrF3N4O. The van der Waals surface area contributed by atoms with E-state index in [1.807, 2.05) is 0 Å². The molecule has 1 N–H and O–H groups in total. The molecule has 0 unspecified atom stereocenters. The lowest BCUT2D eigenvalue weighted by Gasteiger charge is -2.12. The number of hydrogen-bond donors (Lipinski definition) is 1. The van der Waals surface area contributed by atoms with E-state index in [-0.39, 0.29) is 12.3 Å². The van der Waals surface area contributed by atoms with Crippen molar-refractivity contribution in [2.45, 2.75) is 12.6 Å². The molecule has 26 heavy (non-hydrogen) atoms. The minimum Gasteiger partial charge on any atom is -0.324 e. The summed E-state index contributed by atoms with van der Waals surface area (Å²) in [6.45, 7) is 0. The van der Waals surface area contributed by atoms with Gasteiger partial charge in [0.05, 0.1) is 23.4 Å². The fourth-order valence-corrected chi connectivity index (χ4v) is 2.69. The summed E-state index contributed by atoms with van der Waals surface area (Å²) in [6, 6.07) is 9.77. The zero-order valence-corrected chi connectivity index (χ0v) is 14.8. The Hall–Kier alpha value is -2.68. The Balaban J connectivity index is 1.75. The van der Waals surface area contributed by atoms with Gasteiger partial charge in [0.15, 0.2) is 0 Å². The summed E-state index contributed by atoms with van der Waals surface area (Å²) >= 11 is 3.34. The van der Waals surface area contributed by atoms with Crippen molar-refractivity contribution in [2.24, 2.45) is 0 Å². The topological polar surface area (TPSA) is 59.8 Å². The number of halogens is 4. The summed E-state index contributed by atoms with van der Waals surface area (Å²) in [7, 11) is 0. The van der Waals surface area contributed by atoms with Gasteiger partial charge in [-0.3, -0.25) is 4.79 Å². The Bertz CT molecular complexity index is 909. The van der Waals surface area contributed by atoms with Crippen LogP contribution in [-0.4, -0.2) is 20.7 Å². The van der Waals surface area contributed by atoms with E-state index >= 15 is 0 Å². The average Bonchev–Trinajstić information content (AvgIpc) is 3.09. The molecule has 2 aromatic carbocycles. The molecule has 3 aromatic rings. The highest BCUT2D eigenvalue weighted by molar-refractivity contribution is 9.10. The Morgan fingerprint density at radius 3 is 2.50 bits per heavy atom. The summed E-state index contributed by atoms with van der Waals surface area (Å²) in [6.07, 6.45) is -1.59. The zero-order valence-electron chi connectivity index (χ0n) is 13.2. The minimum absolute atomic E-state index is 0.0541. The summed E-state index contributed by atoms with van der Waals surface area (Å²) in [4.78, 5) is 16.2. The van der Waals surface area contributed by atoms with Gasteiger partial charge < -0.3 is 5.32 Å². The first-order valence-electron chi connectivity index (χ1n) is 7.43. The van der Waals surface area contributed by atoms with Crippen LogP contribution in [0.3, 0.4) is 0 Å². The monoisotopic (exact) mass is 424 g/mol. The number of alkyl halides is 3. The fraction of sp³-hybridized carbons (Fsp3) is 0.118. The number of carbonyl (C=O) groups is 1. The molecule has 5 nitrogen and oxygen atoms in total. The molecule has 0 aliphatic rings. The molecule has 3 rings (SSSR count). The molecule has 0 fully saturated rings. The number of aromatic nitrogens is 3. The summed E-state index contributed by atoms with van der Waals surface area (Å²) in [5.41, 5.74) is 0.850. The Morgan fingerprint density at radius 2 is 1.88 bits per heavy atom. The van der Waals surface area contributed by atoms with Gasteiger partial charge in [-0.25, -0.2) is 9.67 Å². The maximum absolute atomic E-state index is 12.6. The van der Waals surface area contributed by atoms with Gasteiger partial charge in [0.2, 0.25) is 5.91 Å². The molecule has 0 aliphatic carbocycles. The average molecular weight is 425 g/mol. The maximum Gasteiger partial charge on any atom is 0.416 e. The van der Waals surface area contributed by atoms with Crippen LogP contribution in [0.1, 0.15) is 11.1 Å². The van der Waals surface area contributed by atoms with Crippen molar-refractivity contribution in [3.63, 3.8) is 0 Å². The number of nitrogens with zero attached hydrogens (tertiary/aromatic N) is 3. The number of benzene rings is 2. The SMILES string of the molecule is O=C(Cc1ccc(C(F)(F)F)cc1)Nc1cc(Br)ccc1-n1cncn1. The molecule has 0 spiro atoms. The Kier molecular flexibility index (Phi) is 5.08. The zero-order chi connectivity index (χ0) is 18.7. The Labute approximate surface area is 155 Å². The largest absolute Gasteiger partial charge is 0.416 e. The maximum atomic E-state index is 12.6. The molecule has 9 heteroatoms. The first-order valence-corrected chi connectivity index (χ1v) is 8.23. The second-order valence-corrected chi connectivity index (χ2v) is 6.34. The van der Waals surface area contributed by atoms with Crippen LogP contribution in [0.4, 0.5) is 18.9 Å². The van der Waals surface area contributed by atoms with Gasteiger partial charge >= 0.3 is 6.18 Å². The van der Waals surface area contributed by atoms with Gasteiger partial charge in [0, 0.05) is 4.47 Å². The predicted molar refractivity (Wildman–Crippen MR) is 92.8 cm³/mol. The van der Waals surface area contributed by atoms with E-state index < -0.39 is 11.7 Å². The van der Waals surface area contributed by atoms with Crippen LogP contribution in [0.25, 0.3) is 5.69 Å². The molecule has 0 radical (unpaired) electrons. The second kappa shape index (κ2) is 7.28. The van der Waals surface area contributed by atoms with Crippen LogP contribution >= 0.6 is 15.9 Å². The van der Waals surface area contributed by atoms with E-state index in [2.05, 4.69) is 31.3 Å². The highest BCUT2D eigenvalue weighted by Gasteiger charge is 2.29. The Morgan fingerprint density at radius 1 is 1.15 bits per heavy atom. The lowest BCUT2D eigenvalue weighted by Crippen LogP contribution is -2.16. The number of hydrogen-bond acceptors (Lipinski definition) is 3. The molecule has 134 valence electrons. The van der Waals surface area contributed by atoms with Crippen LogP contribution in [0, 0.1) is 0 Å². The third kappa shape index (κ3) is 4.29. The number of rotatable bonds is 4. The quantitative estimate of drug-likeness (QED) is 0.681.